The summed E-state index contributed by atoms with van der Waals surface area (Å²) in [6.45, 7) is 11.1. The molecule has 0 radical (unpaired) electrons. The van der Waals surface area contributed by atoms with Gasteiger partial charge in [-0.3, -0.25) is 0 Å². The SMILES string of the molecule is C=C(NC(C)(CC)CO)C1CCC(C2CCC(C)CC2)CC1. The Bertz CT molecular complexity index is 345. The Morgan fingerprint density at radius 2 is 1.55 bits per heavy atom. The summed E-state index contributed by atoms with van der Waals surface area (Å²) in [5, 5.41) is 13.1. The summed E-state index contributed by atoms with van der Waals surface area (Å²) in [7, 11) is 0. The molecule has 2 aliphatic rings. The van der Waals surface area contributed by atoms with Gasteiger partial charge in [0, 0.05) is 5.70 Å². The molecule has 22 heavy (non-hydrogen) atoms. The molecule has 0 aromatic carbocycles. The van der Waals surface area contributed by atoms with Gasteiger partial charge in [0.15, 0.2) is 0 Å². The molecule has 2 nitrogen and oxygen atoms in total. The van der Waals surface area contributed by atoms with Crippen LogP contribution < -0.4 is 5.32 Å². The molecule has 2 N–H and O–H groups in total. The van der Waals surface area contributed by atoms with E-state index in [0.29, 0.717) is 5.92 Å². The van der Waals surface area contributed by atoms with E-state index in [4.69, 9.17) is 0 Å². The van der Waals surface area contributed by atoms with Crippen LogP contribution in [0.3, 0.4) is 0 Å². The van der Waals surface area contributed by atoms with Crippen molar-refractivity contribution in [2.75, 3.05) is 6.61 Å². The van der Waals surface area contributed by atoms with Crippen molar-refractivity contribution in [2.24, 2.45) is 23.7 Å². The number of allylic oxidation sites excluding steroid dienone is 1. The topological polar surface area (TPSA) is 32.3 Å². The van der Waals surface area contributed by atoms with Crippen LogP contribution >= 0.6 is 0 Å². The molecule has 0 aromatic heterocycles. The van der Waals surface area contributed by atoms with Crippen LogP contribution in [0.1, 0.15) is 78.6 Å². The lowest BCUT2D eigenvalue weighted by Gasteiger charge is -2.39. The van der Waals surface area contributed by atoms with Gasteiger partial charge in [0.1, 0.15) is 0 Å². The minimum absolute atomic E-state index is 0.179. The van der Waals surface area contributed by atoms with Crippen LogP contribution in [0.5, 0.6) is 0 Å². The minimum atomic E-state index is -0.201. The molecule has 2 rings (SSSR count). The fraction of sp³-hybridized carbons (Fsp3) is 0.900. The van der Waals surface area contributed by atoms with Crippen LogP contribution in [-0.2, 0) is 0 Å². The van der Waals surface area contributed by atoms with Gasteiger partial charge in [-0.1, -0.05) is 33.3 Å². The normalized spacial score (nSPS) is 35.6. The Kier molecular flexibility index (Phi) is 6.37. The predicted octanol–water partition coefficient (Wildman–Crippen LogP) is 4.88. The lowest BCUT2D eigenvalue weighted by Crippen LogP contribution is -2.46. The summed E-state index contributed by atoms with van der Waals surface area (Å²) in [5.74, 6) is 3.53. The van der Waals surface area contributed by atoms with Crippen LogP contribution in [0, 0.1) is 23.7 Å². The minimum Gasteiger partial charge on any atom is -0.394 e. The first-order valence-electron chi connectivity index (χ1n) is 9.55. The van der Waals surface area contributed by atoms with Crippen molar-refractivity contribution in [1.29, 1.82) is 0 Å². The molecule has 0 amide bonds. The van der Waals surface area contributed by atoms with E-state index in [1.54, 1.807) is 0 Å². The zero-order valence-corrected chi connectivity index (χ0v) is 15.0. The van der Waals surface area contributed by atoms with Crippen molar-refractivity contribution >= 4 is 0 Å². The highest BCUT2D eigenvalue weighted by molar-refractivity contribution is 5.05. The summed E-state index contributed by atoms with van der Waals surface area (Å²) in [6.07, 6.45) is 12.1. The number of hydrogen-bond donors (Lipinski definition) is 2. The van der Waals surface area contributed by atoms with Crippen molar-refractivity contribution in [3.63, 3.8) is 0 Å². The number of aliphatic hydroxyl groups is 1. The van der Waals surface area contributed by atoms with Crippen molar-refractivity contribution in [2.45, 2.75) is 84.1 Å². The number of nitrogens with one attached hydrogen (secondary N) is 1. The van der Waals surface area contributed by atoms with Crippen LogP contribution in [0.25, 0.3) is 0 Å². The summed E-state index contributed by atoms with van der Waals surface area (Å²) in [5.41, 5.74) is 0.960. The zero-order chi connectivity index (χ0) is 16.2. The van der Waals surface area contributed by atoms with Gasteiger partial charge in [0.05, 0.1) is 12.1 Å². The third kappa shape index (κ3) is 4.50. The molecule has 2 fully saturated rings. The Labute approximate surface area is 137 Å². The fourth-order valence-electron chi connectivity index (χ4n) is 4.43. The first-order chi connectivity index (χ1) is 10.5. The molecule has 0 spiro atoms. The Balaban J connectivity index is 1.78. The van der Waals surface area contributed by atoms with E-state index < -0.39 is 0 Å². The predicted molar refractivity (Wildman–Crippen MR) is 94.6 cm³/mol. The maximum Gasteiger partial charge on any atom is 0.0658 e. The van der Waals surface area contributed by atoms with Gasteiger partial charge < -0.3 is 10.4 Å². The smallest absolute Gasteiger partial charge is 0.0658 e. The molecule has 0 bridgehead atoms. The van der Waals surface area contributed by atoms with Crippen LogP contribution in [0.2, 0.25) is 0 Å². The standard InChI is InChI=1S/C20H37NO/c1-5-20(4,14-22)21-16(3)17-10-12-19(13-11-17)18-8-6-15(2)7-9-18/h15,17-19,21-22H,3,5-14H2,1-2,4H3. The van der Waals surface area contributed by atoms with E-state index in [1.807, 2.05) is 0 Å². The van der Waals surface area contributed by atoms with Crippen molar-refractivity contribution in [3.8, 4) is 0 Å². The molecule has 1 unspecified atom stereocenters. The van der Waals surface area contributed by atoms with E-state index in [-0.39, 0.29) is 12.1 Å². The van der Waals surface area contributed by atoms with Crippen LogP contribution in [0.4, 0.5) is 0 Å². The van der Waals surface area contributed by atoms with Crippen molar-refractivity contribution in [1.82, 2.24) is 5.32 Å². The number of rotatable bonds is 6. The van der Waals surface area contributed by atoms with E-state index in [0.717, 1.165) is 29.9 Å². The molecule has 0 saturated heterocycles. The first-order valence-corrected chi connectivity index (χ1v) is 9.55. The molecule has 2 saturated carbocycles. The lowest BCUT2D eigenvalue weighted by molar-refractivity contribution is 0.147. The molecule has 128 valence electrons. The first kappa shape index (κ1) is 17.8. The molecule has 2 heteroatoms. The van der Waals surface area contributed by atoms with Gasteiger partial charge in [-0.05, 0) is 75.5 Å². The highest BCUT2D eigenvalue weighted by Crippen LogP contribution is 2.42. The lowest BCUT2D eigenvalue weighted by atomic mass is 9.69. The Morgan fingerprint density at radius 1 is 1.05 bits per heavy atom. The second kappa shape index (κ2) is 7.86. The molecule has 0 heterocycles. The third-order valence-corrected chi connectivity index (χ3v) is 6.58. The second-order valence-corrected chi connectivity index (χ2v) is 8.35. The summed E-state index contributed by atoms with van der Waals surface area (Å²) in [6, 6.07) is 0. The van der Waals surface area contributed by atoms with Crippen molar-refractivity contribution in [3.05, 3.63) is 12.3 Å². The average Bonchev–Trinajstić information content (AvgIpc) is 2.55. The van der Waals surface area contributed by atoms with Crippen molar-refractivity contribution < 1.29 is 5.11 Å². The van der Waals surface area contributed by atoms with E-state index in [2.05, 4.69) is 32.7 Å². The second-order valence-electron chi connectivity index (χ2n) is 8.35. The molecule has 2 aliphatic carbocycles. The van der Waals surface area contributed by atoms with Gasteiger partial charge in [-0.15, -0.1) is 0 Å². The van der Waals surface area contributed by atoms with E-state index in [9.17, 15) is 5.11 Å². The maximum absolute atomic E-state index is 9.56. The molecule has 1 atom stereocenters. The van der Waals surface area contributed by atoms with Gasteiger partial charge in [0.2, 0.25) is 0 Å². The molecule has 0 aromatic rings. The highest BCUT2D eigenvalue weighted by atomic mass is 16.3. The molecular weight excluding hydrogens is 270 g/mol. The maximum atomic E-state index is 9.56. The van der Waals surface area contributed by atoms with Gasteiger partial charge in [0.25, 0.3) is 0 Å². The molecule has 0 aliphatic heterocycles. The summed E-state index contributed by atoms with van der Waals surface area (Å²) in [4.78, 5) is 0. The fourth-order valence-corrected chi connectivity index (χ4v) is 4.43. The summed E-state index contributed by atoms with van der Waals surface area (Å²) >= 11 is 0. The molecular formula is C20H37NO. The zero-order valence-electron chi connectivity index (χ0n) is 15.0. The van der Waals surface area contributed by atoms with E-state index >= 15 is 0 Å². The van der Waals surface area contributed by atoms with Gasteiger partial charge in [-0.25, -0.2) is 0 Å². The Hall–Kier alpha value is -0.500. The quantitative estimate of drug-likeness (QED) is 0.732. The largest absolute Gasteiger partial charge is 0.394 e. The third-order valence-electron chi connectivity index (χ3n) is 6.58. The van der Waals surface area contributed by atoms with E-state index in [1.165, 1.54) is 51.4 Å². The van der Waals surface area contributed by atoms with Crippen LogP contribution in [-0.4, -0.2) is 17.3 Å². The Morgan fingerprint density at radius 3 is 2.00 bits per heavy atom. The van der Waals surface area contributed by atoms with Crippen LogP contribution in [0.15, 0.2) is 12.3 Å². The summed E-state index contributed by atoms with van der Waals surface area (Å²) < 4.78 is 0. The highest BCUT2D eigenvalue weighted by Gasteiger charge is 2.32. The van der Waals surface area contributed by atoms with Gasteiger partial charge in [-0.2, -0.15) is 0 Å². The van der Waals surface area contributed by atoms with Gasteiger partial charge >= 0.3 is 0 Å². The average molecular weight is 308 g/mol. The number of hydrogen-bond acceptors (Lipinski definition) is 2. The monoisotopic (exact) mass is 307 g/mol. The number of aliphatic hydroxyl groups excluding tert-OH is 1.